The lowest BCUT2D eigenvalue weighted by Crippen LogP contribution is -2.35. The minimum absolute atomic E-state index is 0.0892. The molecule has 1 heterocycles. The maximum absolute atomic E-state index is 13.8. The number of carbonyl (C=O) groups is 1. The van der Waals surface area contributed by atoms with Crippen LogP contribution in [-0.2, 0) is 4.79 Å². The summed E-state index contributed by atoms with van der Waals surface area (Å²) >= 11 is 1.20. The normalized spacial score (nSPS) is 12.1. The molecule has 0 unspecified atom stereocenters. The highest BCUT2D eigenvalue weighted by molar-refractivity contribution is 7.99. The first kappa shape index (κ1) is 20.0. The largest absolute Gasteiger partial charge is 0.353 e. The molecule has 0 saturated heterocycles. The smallest absolute Gasteiger partial charge is 0.230 e. The van der Waals surface area contributed by atoms with Crippen LogP contribution in [0.4, 0.5) is 4.39 Å². The van der Waals surface area contributed by atoms with Crippen LogP contribution >= 0.6 is 11.8 Å². The molecule has 1 amide bonds. The van der Waals surface area contributed by atoms with Gasteiger partial charge in [0.05, 0.1) is 17.4 Å². The van der Waals surface area contributed by atoms with E-state index < -0.39 is 0 Å². The van der Waals surface area contributed by atoms with Crippen LogP contribution in [0.1, 0.15) is 11.6 Å². The molecule has 0 aliphatic carbocycles. The number of thioether (sulfide) groups is 1. The lowest BCUT2D eigenvalue weighted by molar-refractivity contribution is -0.118. The zero-order chi connectivity index (χ0) is 19.9. The number of benzene rings is 2. The summed E-state index contributed by atoms with van der Waals surface area (Å²) in [7, 11) is 3.97. The topological polar surface area (TPSA) is 73.9 Å². The summed E-state index contributed by atoms with van der Waals surface area (Å²) < 4.78 is 13.8. The van der Waals surface area contributed by atoms with Gasteiger partial charge in [-0.15, -0.1) is 5.10 Å². The van der Waals surface area contributed by atoms with Gasteiger partial charge in [0.2, 0.25) is 11.1 Å². The number of aromatic nitrogens is 3. The fraction of sp³-hybridized carbons (Fsp3) is 0.250. The van der Waals surface area contributed by atoms with Crippen molar-refractivity contribution in [2.75, 3.05) is 26.4 Å². The Bertz CT molecular complexity index is 916. The molecule has 0 bridgehead atoms. The highest BCUT2D eigenvalue weighted by atomic mass is 32.2. The van der Waals surface area contributed by atoms with Gasteiger partial charge in [-0.2, -0.15) is 0 Å². The summed E-state index contributed by atoms with van der Waals surface area (Å²) in [6.45, 7) is 0.505. The number of amides is 1. The minimum Gasteiger partial charge on any atom is -0.353 e. The summed E-state index contributed by atoms with van der Waals surface area (Å²) in [6, 6.07) is 16.5. The van der Waals surface area contributed by atoms with E-state index in [-0.39, 0.29) is 23.5 Å². The van der Waals surface area contributed by atoms with Gasteiger partial charge in [0.1, 0.15) is 5.82 Å². The minimum atomic E-state index is -0.372. The van der Waals surface area contributed by atoms with Gasteiger partial charge in [-0.1, -0.05) is 54.2 Å². The second-order valence-electron chi connectivity index (χ2n) is 6.43. The van der Waals surface area contributed by atoms with E-state index in [0.29, 0.717) is 23.1 Å². The number of hydrogen-bond donors (Lipinski definition) is 2. The van der Waals surface area contributed by atoms with Crippen LogP contribution in [0.25, 0.3) is 11.4 Å². The van der Waals surface area contributed by atoms with Crippen molar-refractivity contribution >= 4 is 17.7 Å². The molecular formula is C20H22FN5OS. The third-order valence-electron chi connectivity index (χ3n) is 4.23. The molecule has 0 aliphatic rings. The van der Waals surface area contributed by atoms with Gasteiger partial charge < -0.3 is 10.2 Å². The van der Waals surface area contributed by atoms with Crippen LogP contribution in [0.2, 0.25) is 0 Å². The Hall–Kier alpha value is -2.71. The maximum atomic E-state index is 13.8. The van der Waals surface area contributed by atoms with E-state index in [1.807, 2.05) is 44.4 Å². The van der Waals surface area contributed by atoms with Gasteiger partial charge in [0, 0.05) is 6.54 Å². The molecule has 1 atom stereocenters. The van der Waals surface area contributed by atoms with Crippen LogP contribution < -0.4 is 5.32 Å². The molecule has 0 spiro atoms. The molecule has 2 aromatic carbocycles. The van der Waals surface area contributed by atoms with Gasteiger partial charge in [-0.3, -0.25) is 9.89 Å². The number of rotatable bonds is 8. The molecule has 6 nitrogen and oxygen atoms in total. The van der Waals surface area contributed by atoms with E-state index in [1.54, 1.807) is 18.2 Å². The van der Waals surface area contributed by atoms with Crippen molar-refractivity contribution in [3.05, 3.63) is 66.0 Å². The SMILES string of the molecule is CN(C)[C@H](CNC(=O)CSc1n[nH]c(-c2ccccc2F)n1)c1ccccc1. The predicted octanol–water partition coefficient (Wildman–Crippen LogP) is 3.12. The van der Waals surface area contributed by atoms with Crippen LogP contribution in [0, 0.1) is 5.82 Å². The molecule has 0 radical (unpaired) electrons. The van der Waals surface area contributed by atoms with Crippen molar-refractivity contribution in [3.8, 4) is 11.4 Å². The number of halogens is 1. The molecule has 28 heavy (non-hydrogen) atoms. The third-order valence-corrected chi connectivity index (χ3v) is 5.07. The highest BCUT2D eigenvalue weighted by Crippen LogP contribution is 2.21. The Balaban J connectivity index is 1.53. The zero-order valence-electron chi connectivity index (χ0n) is 15.7. The van der Waals surface area contributed by atoms with E-state index in [0.717, 1.165) is 5.56 Å². The first-order chi connectivity index (χ1) is 13.5. The van der Waals surface area contributed by atoms with E-state index in [4.69, 9.17) is 0 Å². The summed E-state index contributed by atoms with van der Waals surface area (Å²) in [5.74, 6) is 0.0510. The Kier molecular flexibility index (Phi) is 6.78. The van der Waals surface area contributed by atoms with E-state index in [1.165, 1.54) is 17.8 Å². The Morgan fingerprint density at radius 1 is 1.18 bits per heavy atom. The van der Waals surface area contributed by atoms with E-state index >= 15 is 0 Å². The van der Waals surface area contributed by atoms with Gasteiger partial charge in [-0.05, 0) is 31.8 Å². The summed E-state index contributed by atoms with van der Waals surface area (Å²) in [5, 5.41) is 10.1. The first-order valence-electron chi connectivity index (χ1n) is 8.83. The number of nitrogens with one attached hydrogen (secondary N) is 2. The number of H-pyrrole nitrogens is 1. The summed E-state index contributed by atoms with van der Waals surface area (Å²) in [4.78, 5) is 18.5. The molecule has 3 rings (SSSR count). The second kappa shape index (κ2) is 9.48. The number of aromatic amines is 1. The van der Waals surface area contributed by atoms with E-state index in [9.17, 15) is 9.18 Å². The highest BCUT2D eigenvalue weighted by Gasteiger charge is 2.16. The predicted molar refractivity (Wildman–Crippen MR) is 108 cm³/mol. The average molecular weight is 399 g/mol. The maximum Gasteiger partial charge on any atom is 0.230 e. The van der Waals surface area contributed by atoms with Crippen molar-refractivity contribution in [3.63, 3.8) is 0 Å². The molecule has 0 saturated carbocycles. The second-order valence-corrected chi connectivity index (χ2v) is 7.37. The molecule has 8 heteroatoms. The van der Waals surface area contributed by atoms with Crippen molar-refractivity contribution in [1.29, 1.82) is 0 Å². The molecule has 146 valence electrons. The van der Waals surface area contributed by atoms with Crippen LogP contribution in [0.3, 0.4) is 0 Å². The number of likely N-dealkylation sites (N-methyl/N-ethyl adjacent to an activating group) is 1. The van der Waals surface area contributed by atoms with Gasteiger partial charge in [0.25, 0.3) is 0 Å². The number of nitrogens with zero attached hydrogens (tertiary/aromatic N) is 3. The number of carbonyl (C=O) groups excluding carboxylic acids is 1. The lowest BCUT2D eigenvalue weighted by Gasteiger charge is -2.25. The molecular weight excluding hydrogens is 377 g/mol. The van der Waals surface area contributed by atoms with Gasteiger partial charge in [0.15, 0.2) is 5.82 Å². The van der Waals surface area contributed by atoms with Crippen molar-refractivity contribution in [2.24, 2.45) is 0 Å². The number of hydrogen-bond acceptors (Lipinski definition) is 5. The van der Waals surface area contributed by atoms with Crippen LogP contribution in [0.5, 0.6) is 0 Å². The fourth-order valence-electron chi connectivity index (χ4n) is 2.75. The van der Waals surface area contributed by atoms with Crippen LogP contribution in [-0.4, -0.2) is 52.4 Å². The van der Waals surface area contributed by atoms with Crippen molar-refractivity contribution < 1.29 is 9.18 Å². The Morgan fingerprint density at radius 2 is 1.89 bits per heavy atom. The zero-order valence-corrected chi connectivity index (χ0v) is 16.5. The molecule has 0 fully saturated rings. The summed E-state index contributed by atoms with van der Waals surface area (Å²) in [6.07, 6.45) is 0. The van der Waals surface area contributed by atoms with Crippen LogP contribution in [0.15, 0.2) is 59.8 Å². The Morgan fingerprint density at radius 3 is 2.61 bits per heavy atom. The average Bonchev–Trinajstić information content (AvgIpc) is 3.16. The molecule has 2 N–H and O–H groups in total. The van der Waals surface area contributed by atoms with Crippen molar-refractivity contribution in [2.45, 2.75) is 11.2 Å². The Labute approximate surface area is 167 Å². The molecule has 0 aliphatic heterocycles. The van der Waals surface area contributed by atoms with Crippen molar-refractivity contribution in [1.82, 2.24) is 25.4 Å². The monoisotopic (exact) mass is 399 g/mol. The quantitative estimate of drug-likeness (QED) is 0.570. The third kappa shape index (κ3) is 5.17. The first-order valence-corrected chi connectivity index (χ1v) is 9.81. The summed E-state index contributed by atoms with van der Waals surface area (Å²) in [5.41, 5.74) is 1.49. The van der Waals surface area contributed by atoms with Gasteiger partial charge in [-0.25, -0.2) is 9.37 Å². The standard InChI is InChI=1S/C20H22FN5OS/c1-26(2)17(14-8-4-3-5-9-14)12-22-18(27)13-28-20-23-19(24-25-20)15-10-6-7-11-16(15)21/h3-11,17H,12-13H2,1-2H3,(H,22,27)(H,23,24,25)/t17-/m1/s1. The fourth-order valence-corrected chi connectivity index (χ4v) is 3.38. The lowest BCUT2D eigenvalue weighted by atomic mass is 10.1. The molecule has 3 aromatic rings. The molecule has 1 aromatic heterocycles. The van der Waals surface area contributed by atoms with Gasteiger partial charge >= 0.3 is 0 Å². The van der Waals surface area contributed by atoms with E-state index in [2.05, 4.69) is 25.4 Å².